The first-order chi connectivity index (χ1) is 9.85. The molecule has 0 aliphatic carbocycles. The van der Waals surface area contributed by atoms with Crippen LogP contribution in [0.2, 0.25) is 10.0 Å². The van der Waals surface area contributed by atoms with Crippen LogP contribution in [0.15, 0.2) is 12.1 Å². The molecule has 1 aromatic rings. The molecule has 1 aromatic carbocycles. The van der Waals surface area contributed by atoms with Gasteiger partial charge in [0.05, 0.1) is 18.2 Å². The molecular weight excluding hydrogens is 309 g/mol. The molecule has 118 valence electrons. The summed E-state index contributed by atoms with van der Waals surface area (Å²) in [6, 6.07) is 3.65. The molecule has 0 amide bonds. The Labute approximate surface area is 136 Å². The molecule has 0 radical (unpaired) electrons. The Morgan fingerprint density at radius 3 is 2.52 bits per heavy atom. The van der Waals surface area contributed by atoms with Gasteiger partial charge in [0.1, 0.15) is 11.9 Å². The van der Waals surface area contributed by atoms with Crippen molar-refractivity contribution in [3.63, 3.8) is 0 Å². The molecule has 0 saturated carbocycles. The minimum atomic E-state index is 0.0186. The second-order valence-electron chi connectivity index (χ2n) is 6.41. The van der Waals surface area contributed by atoms with Crippen LogP contribution in [0.25, 0.3) is 0 Å². The van der Waals surface area contributed by atoms with Crippen molar-refractivity contribution >= 4 is 23.2 Å². The lowest BCUT2D eigenvalue weighted by Gasteiger charge is -2.26. The maximum atomic E-state index is 6.34. The number of nitrogens with one attached hydrogen (secondary N) is 1. The summed E-state index contributed by atoms with van der Waals surface area (Å²) in [7, 11) is 0. The van der Waals surface area contributed by atoms with Crippen LogP contribution >= 0.6 is 23.2 Å². The molecule has 1 N–H and O–H groups in total. The molecule has 0 unspecified atom stereocenters. The molecule has 0 atom stereocenters. The van der Waals surface area contributed by atoms with Crippen LogP contribution in [0.4, 0.5) is 0 Å². The molecule has 0 aromatic heterocycles. The van der Waals surface area contributed by atoms with Crippen molar-refractivity contribution in [3.8, 4) is 5.75 Å². The monoisotopic (exact) mass is 331 g/mol. The van der Waals surface area contributed by atoms with Gasteiger partial charge in [-0.1, -0.05) is 23.2 Å². The zero-order valence-electron chi connectivity index (χ0n) is 12.8. The Balaban J connectivity index is 2.16. The highest BCUT2D eigenvalue weighted by Gasteiger charge is 2.20. The summed E-state index contributed by atoms with van der Waals surface area (Å²) in [5.41, 5.74) is 1.01. The van der Waals surface area contributed by atoms with Gasteiger partial charge in [0.2, 0.25) is 0 Å². The van der Waals surface area contributed by atoms with Gasteiger partial charge in [0.15, 0.2) is 0 Å². The maximum Gasteiger partial charge on any atom is 0.142 e. The Bertz CT molecular complexity index is 480. The molecule has 0 bridgehead atoms. The molecule has 1 heterocycles. The predicted molar refractivity (Wildman–Crippen MR) is 87.5 cm³/mol. The standard InChI is InChI=1S/C16H23Cl2NO2/c1-16(2,3)19-10-11-8-12(17)9-14(18)15(11)21-13-4-6-20-7-5-13/h8-9,13,19H,4-7,10H2,1-3H3. The van der Waals surface area contributed by atoms with Crippen LogP contribution in [-0.2, 0) is 11.3 Å². The van der Waals surface area contributed by atoms with Crippen LogP contribution in [0.3, 0.4) is 0 Å². The summed E-state index contributed by atoms with van der Waals surface area (Å²) >= 11 is 12.5. The molecule has 1 saturated heterocycles. The quantitative estimate of drug-likeness (QED) is 0.884. The van der Waals surface area contributed by atoms with Crippen molar-refractivity contribution < 1.29 is 9.47 Å². The van der Waals surface area contributed by atoms with E-state index in [4.69, 9.17) is 32.7 Å². The first kappa shape index (κ1) is 16.9. The highest BCUT2D eigenvalue weighted by molar-refractivity contribution is 6.35. The van der Waals surface area contributed by atoms with Gasteiger partial charge in [-0.2, -0.15) is 0 Å². The normalized spacial score (nSPS) is 17.0. The Kier molecular flexibility index (Phi) is 5.78. The highest BCUT2D eigenvalue weighted by Crippen LogP contribution is 2.34. The van der Waals surface area contributed by atoms with E-state index in [-0.39, 0.29) is 11.6 Å². The van der Waals surface area contributed by atoms with Crippen LogP contribution < -0.4 is 10.1 Å². The van der Waals surface area contributed by atoms with Crippen LogP contribution in [0, 0.1) is 0 Å². The predicted octanol–water partition coefficient (Wildman–Crippen LogP) is 4.44. The summed E-state index contributed by atoms with van der Waals surface area (Å²) in [6.07, 6.45) is 1.95. The fourth-order valence-electron chi connectivity index (χ4n) is 2.20. The number of ether oxygens (including phenoxy) is 2. The van der Waals surface area contributed by atoms with Crippen molar-refractivity contribution in [1.82, 2.24) is 5.32 Å². The minimum absolute atomic E-state index is 0.0186. The van der Waals surface area contributed by atoms with E-state index in [0.717, 1.165) is 37.4 Å². The second kappa shape index (κ2) is 7.19. The van der Waals surface area contributed by atoms with E-state index in [9.17, 15) is 0 Å². The van der Waals surface area contributed by atoms with Crippen molar-refractivity contribution in [2.45, 2.75) is 51.8 Å². The fraction of sp³-hybridized carbons (Fsp3) is 0.625. The van der Waals surface area contributed by atoms with Crippen molar-refractivity contribution in [1.29, 1.82) is 0 Å². The third-order valence-electron chi connectivity index (χ3n) is 3.35. The van der Waals surface area contributed by atoms with E-state index in [2.05, 4.69) is 26.1 Å². The van der Waals surface area contributed by atoms with Crippen LogP contribution in [0.1, 0.15) is 39.2 Å². The molecule has 0 spiro atoms. The summed E-state index contributed by atoms with van der Waals surface area (Å²) in [4.78, 5) is 0. The zero-order chi connectivity index (χ0) is 15.5. The van der Waals surface area contributed by atoms with Gasteiger partial charge in [0.25, 0.3) is 0 Å². The fourth-order valence-corrected chi connectivity index (χ4v) is 2.78. The highest BCUT2D eigenvalue weighted by atomic mass is 35.5. The summed E-state index contributed by atoms with van der Waals surface area (Å²) in [5, 5.41) is 4.65. The summed E-state index contributed by atoms with van der Waals surface area (Å²) < 4.78 is 11.5. The Hall–Kier alpha value is -0.480. The third kappa shape index (κ3) is 5.33. The SMILES string of the molecule is CC(C)(C)NCc1cc(Cl)cc(Cl)c1OC1CCOCC1. The molecule has 2 rings (SSSR count). The Morgan fingerprint density at radius 2 is 1.90 bits per heavy atom. The van der Waals surface area contributed by atoms with Gasteiger partial charge < -0.3 is 14.8 Å². The van der Waals surface area contributed by atoms with Crippen molar-refractivity contribution in [2.24, 2.45) is 0 Å². The average molecular weight is 332 g/mol. The van der Waals surface area contributed by atoms with E-state index < -0.39 is 0 Å². The third-order valence-corrected chi connectivity index (χ3v) is 3.85. The number of rotatable bonds is 4. The van der Waals surface area contributed by atoms with Gasteiger partial charge >= 0.3 is 0 Å². The van der Waals surface area contributed by atoms with Crippen molar-refractivity contribution in [2.75, 3.05) is 13.2 Å². The van der Waals surface area contributed by atoms with Gasteiger partial charge in [-0.3, -0.25) is 0 Å². The molecule has 5 heteroatoms. The van der Waals surface area contributed by atoms with Gasteiger partial charge in [-0.15, -0.1) is 0 Å². The molecule has 1 fully saturated rings. The molecular formula is C16H23Cl2NO2. The van der Waals surface area contributed by atoms with E-state index in [0.29, 0.717) is 16.6 Å². The van der Waals surface area contributed by atoms with E-state index in [1.165, 1.54) is 0 Å². The smallest absolute Gasteiger partial charge is 0.142 e. The van der Waals surface area contributed by atoms with Crippen LogP contribution in [0.5, 0.6) is 5.75 Å². The van der Waals surface area contributed by atoms with Gasteiger partial charge in [-0.25, -0.2) is 0 Å². The minimum Gasteiger partial charge on any atom is -0.488 e. The molecule has 1 aliphatic heterocycles. The van der Waals surface area contributed by atoms with Crippen LogP contribution in [-0.4, -0.2) is 24.9 Å². The summed E-state index contributed by atoms with van der Waals surface area (Å²) in [5.74, 6) is 0.740. The summed E-state index contributed by atoms with van der Waals surface area (Å²) in [6.45, 7) is 8.52. The lowest BCUT2D eigenvalue weighted by atomic mass is 10.1. The van der Waals surface area contributed by atoms with E-state index >= 15 is 0 Å². The number of hydrogen-bond acceptors (Lipinski definition) is 3. The first-order valence-electron chi connectivity index (χ1n) is 7.32. The topological polar surface area (TPSA) is 30.5 Å². The number of halogens is 2. The lowest BCUT2D eigenvalue weighted by Crippen LogP contribution is -2.35. The van der Waals surface area contributed by atoms with E-state index in [1.54, 1.807) is 6.07 Å². The second-order valence-corrected chi connectivity index (χ2v) is 7.25. The zero-order valence-corrected chi connectivity index (χ0v) is 14.4. The largest absolute Gasteiger partial charge is 0.488 e. The van der Waals surface area contributed by atoms with Crippen molar-refractivity contribution in [3.05, 3.63) is 27.7 Å². The van der Waals surface area contributed by atoms with Gasteiger partial charge in [-0.05, 0) is 32.9 Å². The van der Waals surface area contributed by atoms with E-state index in [1.807, 2.05) is 6.07 Å². The number of hydrogen-bond donors (Lipinski definition) is 1. The number of benzene rings is 1. The molecule has 3 nitrogen and oxygen atoms in total. The lowest BCUT2D eigenvalue weighted by molar-refractivity contribution is 0.0251. The molecule has 1 aliphatic rings. The Morgan fingerprint density at radius 1 is 1.24 bits per heavy atom. The first-order valence-corrected chi connectivity index (χ1v) is 8.08. The maximum absolute atomic E-state index is 6.34. The van der Waals surface area contributed by atoms with Gasteiger partial charge in [0, 0.05) is 35.5 Å². The molecule has 21 heavy (non-hydrogen) atoms. The average Bonchev–Trinajstić information content (AvgIpc) is 2.40.